The van der Waals surface area contributed by atoms with Gasteiger partial charge in [-0.1, -0.05) is 0 Å². The minimum Gasteiger partial charge on any atom is -0.489 e. The van der Waals surface area contributed by atoms with Crippen molar-refractivity contribution in [2.24, 2.45) is 0 Å². The van der Waals surface area contributed by atoms with Crippen LogP contribution in [0.25, 0.3) is 10.9 Å². The van der Waals surface area contributed by atoms with Gasteiger partial charge < -0.3 is 25.3 Å². The van der Waals surface area contributed by atoms with Crippen molar-refractivity contribution < 1.29 is 23.1 Å². The molecule has 0 saturated heterocycles. The molecule has 0 atom stereocenters. The number of rotatable bonds is 2. The van der Waals surface area contributed by atoms with E-state index in [1.807, 2.05) is 11.9 Å². The highest BCUT2D eigenvalue weighted by molar-refractivity contribution is 6.44. The summed E-state index contributed by atoms with van der Waals surface area (Å²) in [5.74, 6) is -3.29. The third-order valence-corrected chi connectivity index (χ3v) is 4.49. The molecular weight excluding hydrogens is 370 g/mol. The van der Waals surface area contributed by atoms with Gasteiger partial charge in [0.15, 0.2) is 11.6 Å². The van der Waals surface area contributed by atoms with Gasteiger partial charge in [-0.25, -0.2) is 8.78 Å². The fraction of sp³-hybridized carbons (Fsp3) is 0.158. The van der Waals surface area contributed by atoms with E-state index in [0.29, 0.717) is 23.6 Å². The minimum absolute atomic E-state index is 0.171. The largest absolute Gasteiger partial charge is 0.489 e. The summed E-state index contributed by atoms with van der Waals surface area (Å²) >= 11 is 0. The summed E-state index contributed by atoms with van der Waals surface area (Å²) in [5.41, 5.74) is 1.76. The number of fused-ring (bicyclic) bond motifs is 2. The Balaban J connectivity index is 1.49. The topological polar surface area (TPSA) is 86.5 Å². The Morgan fingerprint density at radius 1 is 1.11 bits per heavy atom. The molecule has 4 rings (SSSR count). The van der Waals surface area contributed by atoms with E-state index in [4.69, 9.17) is 4.74 Å². The van der Waals surface area contributed by atoms with Gasteiger partial charge in [0, 0.05) is 36.5 Å². The lowest BCUT2D eigenvalue weighted by molar-refractivity contribution is -0.132. The molecule has 0 unspecified atom stereocenters. The van der Waals surface area contributed by atoms with Crippen LogP contribution in [0.4, 0.5) is 25.8 Å². The van der Waals surface area contributed by atoms with E-state index in [0.717, 1.165) is 24.4 Å². The number of likely N-dealkylation sites (N-methyl/N-ethyl adjacent to an activating group) is 1. The van der Waals surface area contributed by atoms with Crippen molar-refractivity contribution in [1.82, 2.24) is 4.98 Å². The first-order valence-electron chi connectivity index (χ1n) is 8.49. The number of H-pyrrole nitrogens is 1. The van der Waals surface area contributed by atoms with Gasteiger partial charge in [0.2, 0.25) is 0 Å². The molecule has 2 aromatic carbocycles. The van der Waals surface area contributed by atoms with Crippen LogP contribution in [0.2, 0.25) is 0 Å². The molecule has 0 bridgehead atoms. The molecule has 9 heteroatoms. The number of carbonyl (C=O) groups excluding carboxylic acids is 2. The molecule has 7 nitrogen and oxygen atoms in total. The second-order valence-electron chi connectivity index (χ2n) is 6.38. The van der Waals surface area contributed by atoms with Crippen LogP contribution in [-0.2, 0) is 9.59 Å². The molecular formula is C19H16F2N4O3. The summed E-state index contributed by atoms with van der Waals surface area (Å²) in [6, 6.07) is 7.02. The monoisotopic (exact) mass is 386 g/mol. The van der Waals surface area contributed by atoms with E-state index in [9.17, 15) is 18.4 Å². The molecule has 1 aliphatic rings. The Bertz CT molecular complexity index is 1100. The molecule has 144 valence electrons. The van der Waals surface area contributed by atoms with Crippen LogP contribution in [0, 0.1) is 11.6 Å². The smallest absolute Gasteiger partial charge is 0.314 e. The number of aromatic amines is 1. The van der Waals surface area contributed by atoms with Crippen LogP contribution in [0.15, 0.2) is 36.5 Å². The van der Waals surface area contributed by atoms with Gasteiger partial charge >= 0.3 is 11.8 Å². The Kier molecular flexibility index (Phi) is 4.34. The maximum absolute atomic E-state index is 13.5. The molecule has 0 spiro atoms. The van der Waals surface area contributed by atoms with Crippen LogP contribution in [0.5, 0.6) is 5.75 Å². The van der Waals surface area contributed by atoms with Crippen molar-refractivity contribution in [2.75, 3.05) is 35.7 Å². The van der Waals surface area contributed by atoms with Crippen LogP contribution < -0.4 is 20.3 Å². The van der Waals surface area contributed by atoms with Crippen molar-refractivity contribution in [3.8, 4) is 5.75 Å². The Morgan fingerprint density at radius 3 is 2.68 bits per heavy atom. The van der Waals surface area contributed by atoms with Crippen LogP contribution in [0.3, 0.4) is 0 Å². The first-order valence-corrected chi connectivity index (χ1v) is 8.49. The average molecular weight is 386 g/mol. The fourth-order valence-electron chi connectivity index (χ4n) is 3.02. The maximum atomic E-state index is 13.5. The van der Waals surface area contributed by atoms with Crippen molar-refractivity contribution in [1.29, 1.82) is 0 Å². The van der Waals surface area contributed by atoms with E-state index in [1.165, 1.54) is 6.20 Å². The molecule has 28 heavy (non-hydrogen) atoms. The molecule has 0 fully saturated rings. The lowest BCUT2D eigenvalue weighted by Gasteiger charge is -2.27. The van der Waals surface area contributed by atoms with Crippen molar-refractivity contribution >= 4 is 39.8 Å². The average Bonchev–Trinajstić information content (AvgIpc) is 3.03. The number of amides is 2. The highest BCUT2D eigenvalue weighted by atomic mass is 19.2. The lowest BCUT2D eigenvalue weighted by atomic mass is 10.2. The Morgan fingerprint density at radius 2 is 1.86 bits per heavy atom. The zero-order valence-electron chi connectivity index (χ0n) is 14.8. The lowest BCUT2D eigenvalue weighted by Crippen LogP contribution is -2.30. The first kappa shape index (κ1) is 17.8. The van der Waals surface area contributed by atoms with Crippen molar-refractivity contribution in [3.05, 3.63) is 48.2 Å². The molecule has 0 radical (unpaired) electrons. The fourth-order valence-corrected chi connectivity index (χ4v) is 3.02. The van der Waals surface area contributed by atoms with E-state index >= 15 is 0 Å². The normalized spacial score (nSPS) is 13.0. The second kappa shape index (κ2) is 6.84. The SMILES string of the molecule is CN1CCOc2cc(NC(=O)C(=O)Nc3c[nH]c4cc(F)c(F)cc34)ccc21. The molecule has 0 aliphatic carbocycles. The number of benzene rings is 2. The minimum atomic E-state index is -1.05. The quantitative estimate of drug-likeness (QED) is 0.591. The second-order valence-corrected chi connectivity index (χ2v) is 6.38. The third kappa shape index (κ3) is 3.22. The number of nitrogens with zero attached hydrogens (tertiary/aromatic N) is 1. The Labute approximate surface area is 158 Å². The van der Waals surface area contributed by atoms with Gasteiger partial charge in [-0.05, 0) is 18.2 Å². The third-order valence-electron chi connectivity index (χ3n) is 4.49. The molecule has 2 amide bonds. The van der Waals surface area contributed by atoms with Gasteiger partial charge in [0.05, 0.1) is 23.4 Å². The Hall–Kier alpha value is -3.62. The van der Waals surface area contributed by atoms with Crippen molar-refractivity contribution in [3.63, 3.8) is 0 Å². The van der Waals surface area contributed by atoms with Gasteiger partial charge in [-0.3, -0.25) is 9.59 Å². The molecule has 1 aromatic heterocycles. The number of carbonyl (C=O) groups is 2. The predicted molar refractivity (Wildman–Crippen MR) is 101 cm³/mol. The standard InChI is InChI=1S/C19H16F2N4O3/c1-25-4-5-28-17-6-10(2-3-16(17)25)23-18(26)19(27)24-15-9-22-14-8-13(21)12(20)7-11(14)15/h2-3,6-9,22H,4-5H2,1H3,(H,23,26)(H,24,27). The van der Waals surface area contributed by atoms with Crippen LogP contribution >= 0.6 is 0 Å². The van der Waals surface area contributed by atoms with E-state index in [-0.39, 0.29) is 11.1 Å². The number of nitrogens with one attached hydrogen (secondary N) is 3. The summed E-state index contributed by atoms with van der Waals surface area (Å²) in [6.45, 7) is 1.29. The number of aromatic nitrogens is 1. The molecule has 0 saturated carbocycles. The molecule has 3 N–H and O–H groups in total. The van der Waals surface area contributed by atoms with E-state index in [2.05, 4.69) is 15.6 Å². The highest BCUT2D eigenvalue weighted by Gasteiger charge is 2.19. The number of hydrogen-bond donors (Lipinski definition) is 3. The van der Waals surface area contributed by atoms with E-state index in [1.54, 1.807) is 18.2 Å². The predicted octanol–water partition coefficient (Wildman–Crippen LogP) is 2.85. The van der Waals surface area contributed by atoms with Crippen LogP contribution in [0.1, 0.15) is 0 Å². The molecule has 3 aromatic rings. The highest BCUT2D eigenvalue weighted by Crippen LogP contribution is 2.33. The van der Waals surface area contributed by atoms with Gasteiger partial charge in [0.1, 0.15) is 12.4 Å². The first-order chi connectivity index (χ1) is 13.4. The van der Waals surface area contributed by atoms with Crippen LogP contribution in [-0.4, -0.2) is 37.0 Å². The van der Waals surface area contributed by atoms with Gasteiger partial charge in [-0.2, -0.15) is 0 Å². The summed E-state index contributed by atoms with van der Waals surface area (Å²) in [7, 11) is 1.93. The maximum Gasteiger partial charge on any atom is 0.314 e. The zero-order chi connectivity index (χ0) is 19.8. The number of ether oxygens (including phenoxy) is 1. The van der Waals surface area contributed by atoms with Gasteiger partial charge in [-0.15, -0.1) is 0 Å². The summed E-state index contributed by atoms with van der Waals surface area (Å²) in [5, 5.41) is 5.14. The summed E-state index contributed by atoms with van der Waals surface area (Å²) in [4.78, 5) is 29.2. The number of hydrogen-bond acceptors (Lipinski definition) is 4. The molecule has 2 heterocycles. The molecule has 1 aliphatic heterocycles. The number of halogens is 2. The van der Waals surface area contributed by atoms with Crippen molar-refractivity contribution in [2.45, 2.75) is 0 Å². The summed E-state index contributed by atoms with van der Waals surface area (Å²) in [6.07, 6.45) is 1.36. The summed E-state index contributed by atoms with van der Waals surface area (Å²) < 4.78 is 32.3. The number of anilines is 3. The van der Waals surface area contributed by atoms with Gasteiger partial charge in [0.25, 0.3) is 0 Å². The van der Waals surface area contributed by atoms with E-state index < -0.39 is 23.4 Å². The zero-order valence-corrected chi connectivity index (χ0v) is 14.8.